The number of esters is 1. The smallest absolute Gasteiger partial charge is 0.305 e. The third-order valence-corrected chi connectivity index (χ3v) is 6.17. The number of unbranched alkanes of at least 4 members (excludes halogenated alkanes) is 5. The van der Waals surface area contributed by atoms with Gasteiger partial charge in [0.2, 0.25) is 0 Å². The molecule has 172 valence electrons. The molecule has 1 saturated carbocycles. The number of ether oxygens (including phenoxy) is 1. The van der Waals surface area contributed by atoms with Crippen LogP contribution in [0.5, 0.6) is 0 Å². The maximum atomic E-state index is 11.7. The lowest BCUT2D eigenvalue weighted by Gasteiger charge is -2.23. The van der Waals surface area contributed by atoms with Gasteiger partial charge < -0.3 is 29.5 Å². The fraction of sp³-hybridized carbons (Fsp3) is 0.950. The molecule has 0 saturated heterocycles. The van der Waals surface area contributed by atoms with Crippen LogP contribution < -0.4 is 10.6 Å². The predicted octanol–water partition coefficient (Wildman–Crippen LogP) is 2.19. The van der Waals surface area contributed by atoms with Crippen molar-refractivity contribution in [1.29, 1.82) is 0 Å². The van der Waals surface area contributed by atoms with Crippen LogP contribution >= 0.6 is 7.82 Å². The minimum absolute atomic E-state index is 0.0775. The number of aliphatic hydroxyl groups is 1. The van der Waals surface area contributed by atoms with Crippen LogP contribution in [-0.2, 0) is 23.1 Å². The van der Waals surface area contributed by atoms with Crippen LogP contribution in [0.4, 0.5) is 0 Å². The summed E-state index contributed by atoms with van der Waals surface area (Å²) in [6, 6.07) is 0. The van der Waals surface area contributed by atoms with E-state index in [9.17, 15) is 19.4 Å². The second kappa shape index (κ2) is 15.3. The van der Waals surface area contributed by atoms with Crippen molar-refractivity contribution in [3.05, 3.63) is 0 Å². The molecular weight excluding hydrogens is 397 g/mol. The molecule has 1 fully saturated rings. The lowest BCUT2D eigenvalue weighted by atomic mass is 10.1. The first-order valence-corrected chi connectivity index (χ1v) is 12.6. The molecule has 1 aliphatic carbocycles. The summed E-state index contributed by atoms with van der Waals surface area (Å²) in [5.74, 6) is 1.57. The minimum atomic E-state index is -4.44. The second-order valence-electron chi connectivity index (χ2n) is 7.97. The summed E-state index contributed by atoms with van der Waals surface area (Å²) < 4.78 is 25.3. The highest BCUT2D eigenvalue weighted by atomic mass is 31.2. The van der Waals surface area contributed by atoms with E-state index in [-0.39, 0.29) is 25.7 Å². The molecule has 0 heterocycles. The average molecular weight is 438 g/mol. The summed E-state index contributed by atoms with van der Waals surface area (Å²) in [4.78, 5) is 23.0. The van der Waals surface area contributed by atoms with Crippen molar-refractivity contribution in [2.24, 2.45) is 11.8 Å². The topological polar surface area (TPSA) is 133 Å². The highest BCUT2D eigenvalue weighted by Crippen LogP contribution is 2.45. The van der Waals surface area contributed by atoms with E-state index in [1.165, 1.54) is 44.9 Å². The summed E-state index contributed by atoms with van der Waals surface area (Å²) in [5.41, 5.74) is 3.45. The molecule has 0 bridgehead atoms. The minimum Gasteiger partial charge on any atom is -0.756 e. The number of phosphoric ester groups is 1. The highest BCUT2D eigenvalue weighted by Gasteiger charge is 2.34. The molecule has 1 aliphatic rings. The van der Waals surface area contributed by atoms with E-state index in [1.54, 1.807) is 0 Å². The van der Waals surface area contributed by atoms with Gasteiger partial charge in [0.25, 0.3) is 7.82 Å². The van der Waals surface area contributed by atoms with Gasteiger partial charge >= 0.3 is 5.97 Å². The summed E-state index contributed by atoms with van der Waals surface area (Å²) in [6.07, 6.45) is 11.3. The molecule has 3 unspecified atom stereocenters. The number of phosphoric acid groups is 1. The first kappa shape index (κ1) is 26.5. The molecule has 4 atom stereocenters. The lowest BCUT2D eigenvalue weighted by molar-refractivity contribution is -0.373. The summed E-state index contributed by atoms with van der Waals surface area (Å²) >= 11 is 0. The molecule has 1 rings (SSSR count). The van der Waals surface area contributed by atoms with E-state index in [0.717, 1.165) is 31.1 Å². The first-order chi connectivity index (χ1) is 13.9. The first-order valence-electron chi connectivity index (χ1n) is 11.1. The van der Waals surface area contributed by atoms with E-state index < -0.39 is 20.5 Å². The third kappa shape index (κ3) is 14.2. The maximum absolute atomic E-state index is 11.7. The molecule has 29 heavy (non-hydrogen) atoms. The number of carbonyl (C=O) groups excluding carboxylic acids is 1. The maximum Gasteiger partial charge on any atom is 0.305 e. The summed E-state index contributed by atoms with van der Waals surface area (Å²) in [7, 11) is -4.44. The Kier molecular flexibility index (Phi) is 14.0. The number of rotatable bonds is 19. The van der Waals surface area contributed by atoms with Crippen LogP contribution in [0.1, 0.15) is 77.6 Å². The Labute approximate surface area is 175 Å². The van der Waals surface area contributed by atoms with Gasteiger partial charge in [-0.1, -0.05) is 58.3 Å². The Hall–Kier alpha value is -0.500. The van der Waals surface area contributed by atoms with Gasteiger partial charge in [-0.05, 0) is 24.7 Å². The number of carbonyl (C=O) groups is 1. The van der Waals surface area contributed by atoms with E-state index in [0.29, 0.717) is 6.42 Å². The van der Waals surface area contributed by atoms with Gasteiger partial charge in [0.1, 0.15) is 19.3 Å². The molecule has 0 aromatic rings. The van der Waals surface area contributed by atoms with Crippen molar-refractivity contribution in [2.45, 2.75) is 83.7 Å². The van der Waals surface area contributed by atoms with Crippen molar-refractivity contribution >= 4 is 13.8 Å². The molecule has 0 aromatic carbocycles. The van der Waals surface area contributed by atoms with Crippen LogP contribution in [0, 0.1) is 11.8 Å². The molecule has 0 aliphatic heterocycles. The second-order valence-corrected chi connectivity index (χ2v) is 9.38. The zero-order chi connectivity index (χ0) is 21.5. The molecule has 9 heteroatoms. The normalized spacial score (nSPS) is 21.5. The van der Waals surface area contributed by atoms with Gasteiger partial charge in [0, 0.05) is 6.42 Å². The van der Waals surface area contributed by atoms with Crippen LogP contribution in [0.2, 0.25) is 0 Å². The fourth-order valence-electron chi connectivity index (χ4n) is 3.39. The van der Waals surface area contributed by atoms with E-state index >= 15 is 0 Å². The predicted molar refractivity (Wildman–Crippen MR) is 108 cm³/mol. The molecule has 0 aromatic heterocycles. The van der Waals surface area contributed by atoms with Gasteiger partial charge in [0.05, 0.1) is 13.2 Å². The molecule has 0 amide bonds. The van der Waals surface area contributed by atoms with Gasteiger partial charge in [-0.15, -0.1) is 0 Å². The van der Waals surface area contributed by atoms with Crippen molar-refractivity contribution < 1.29 is 38.9 Å². The van der Waals surface area contributed by atoms with E-state index in [4.69, 9.17) is 4.74 Å². The number of quaternary nitrogens is 1. The quantitative estimate of drug-likeness (QED) is 0.180. The van der Waals surface area contributed by atoms with Gasteiger partial charge in [-0.2, -0.15) is 0 Å². The molecule has 4 N–H and O–H groups in total. The Morgan fingerprint density at radius 3 is 2.45 bits per heavy atom. The summed E-state index contributed by atoms with van der Waals surface area (Å²) in [6.45, 7) is 1.65. The standard InChI is InChI=1S/C20H40NO7P/c1-2-3-9-17-14-18(17)10-7-5-4-6-8-11-20(23)26-15-19(22)16-28-29(24,25)27-13-12-21/h17-19,22H,2-16,21H2,1H3,(H,24,25)/t17?,18?,19-/m1/s1. The van der Waals surface area contributed by atoms with Gasteiger partial charge in [0.15, 0.2) is 0 Å². The molecular formula is C20H40NO7P. The van der Waals surface area contributed by atoms with Crippen LogP contribution in [-0.4, -0.2) is 43.5 Å². The number of hydrogen-bond acceptors (Lipinski definition) is 7. The van der Waals surface area contributed by atoms with Crippen LogP contribution in [0.25, 0.3) is 0 Å². The number of aliphatic hydroxyl groups excluding tert-OH is 1. The Morgan fingerprint density at radius 1 is 1.10 bits per heavy atom. The van der Waals surface area contributed by atoms with E-state index in [1.807, 2.05) is 0 Å². The number of hydrogen-bond donors (Lipinski definition) is 2. The third-order valence-electron chi connectivity index (χ3n) is 5.21. The lowest BCUT2D eigenvalue weighted by Crippen LogP contribution is -2.52. The van der Waals surface area contributed by atoms with Gasteiger partial charge in [-0.25, -0.2) is 0 Å². The van der Waals surface area contributed by atoms with Crippen molar-refractivity contribution in [3.8, 4) is 0 Å². The van der Waals surface area contributed by atoms with E-state index in [2.05, 4.69) is 21.7 Å². The zero-order valence-corrected chi connectivity index (χ0v) is 18.8. The molecule has 0 spiro atoms. The summed E-state index contributed by atoms with van der Waals surface area (Å²) in [5, 5.41) is 9.64. The van der Waals surface area contributed by atoms with Crippen molar-refractivity contribution in [2.75, 3.05) is 26.4 Å². The van der Waals surface area contributed by atoms with Crippen molar-refractivity contribution in [3.63, 3.8) is 0 Å². The van der Waals surface area contributed by atoms with Crippen molar-refractivity contribution in [1.82, 2.24) is 0 Å². The zero-order valence-electron chi connectivity index (χ0n) is 17.9. The average Bonchev–Trinajstić information content (AvgIpc) is 3.45. The monoisotopic (exact) mass is 437 g/mol. The largest absolute Gasteiger partial charge is 0.756 e. The molecule has 0 radical (unpaired) electrons. The highest BCUT2D eigenvalue weighted by molar-refractivity contribution is 7.45. The van der Waals surface area contributed by atoms with Gasteiger partial charge in [-0.3, -0.25) is 9.36 Å². The fourth-order valence-corrected chi connectivity index (χ4v) is 4.17. The Bertz CT molecular complexity index is 491. The Balaban J connectivity index is 1.92. The van der Waals surface area contributed by atoms with Crippen LogP contribution in [0.15, 0.2) is 0 Å². The SMILES string of the molecule is CCCCC1CC1CCCCCCCC(=O)OC[C@@H](O)COP(=O)([O-])OCC[NH3+]. The molecule has 8 nitrogen and oxygen atoms in total. The van der Waals surface area contributed by atoms with Crippen LogP contribution in [0.3, 0.4) is 0 Å². The Morgan fingerprint density at radius 2 is 1.76 bits per heavy atom.